The Hall–Kier alpha value is -2.77. The van der Waals surface area contributed by atoms with Gasteiger partial charge < -0.3 is 4.98 Å². The third-order valence-electron chi connectivity index (χ3n) is 2.92. The third kappa shape index (κ3) is 1.82. The quantitative estimate of drug-likeness (QED) is 0.702. The average molecular weight is 257 g/mol. The van der Waals surface area contributed by atoms with E-state index >= 15 is 0 Å². The first-order valence-electron chi connectivity index (χ1n) is 5.62. The minimum Gasteiger partial charge on any atom is -0.346 e. The first kappa shape index (κ1) is 11.3. The van der Waals surface area contributed by atoms with E-state index in [4.69, 9.17) is 0 Å². The zero-order chi connectivity index (χ0) is 13.4. The number of nitrogens with one attached hydrogen (secondary N) is 2. The molecule has 0 radical (unpaired) electrons. The molecule has 1 amide bonds. The van der Waals surface area contributed by atoms with E-state index in [0.29, 0.717) is 5.56 Å². The molecule has 3 aromatic rings. The maximum absolute atomic E-state index is 12.3. The monoisotopic (exact) mass is 257 g/mol. The summed E-state index contributed by atoms with van der Waals surface area (Å²) in [6, 6.07) is 1.80. The van der Waals surface area contributed by atoms with E-state index < -0.39 is 0 Å². The van der Waals surface area contributed by atoms with E-state index in [1.165, 1.54) is 11.1 Å². The summed E-state index contributed by atoms with van der Waals surface area (Å²) in [7, 11) is 1.58. The van der Waals surface area contributed by atoms with Crippen molar-refractivity contribution in [1.29, 1.82) is 0 Å². The van der Waals surface area contributed by atoms with Gasteiger partial charge in [0.2, 0.25) is 0 Å². The summed E-state index contributed by atoms with van der Waals surface area (Å²) in [6.45, 7) is 1.96. The van der Waals surface area contributed by atoms with Gasteiger partial charge in [0.15, 0.2) is 0 Å². The Morgan fingerprint density at radius 2 is 2.26 bits per heavy atom. The maximum Gasteiger partial charge on any atom is 0.272 e. The molecule has 96 valence electrons. The molecule has 19 heavy (non-hydrogen) atoms. The van der Waals surface area contributed by atoms with Gasteiger partial charge in [-0.3, -0.25) is 9.69 Å². The number of amides is 1. The standard InChI is InChI=1S/C11H11N7O/c1-6-4-12-9-8(6)3-7(5-13-9)10(19)18(2)11-14-16-17-15-11/h3-5H,1-2H3,(H,12,13)(H,14,15,16,17). The number of aromatic amines is 2. The van der Waals surface area contributed by atoms with Gasteiger partial charge in [-0.05, 0) is 23.8 Å². The van der Waals surface area contributed by atoms with Gasteiger partial charge in [0.1, 0.15) is 5.65 Å². The second kappa shape index (κ2) is 4.16. The molecule has 2 N–H and O–H groups in total. The molecule has 0 spiro atoms. The summed E-state index contributed by atoms with van der Waals surface area (Å²) in [5, 5.41) is 14.2. The number of nitrogens with zero attached hydrogens (tertiary/aromatic N) is 5. The highest BCUT2D eigenvalue weighted by Gasteiger charge is 2.18. The Balaban J connectivity index is 1.99. The summed E-state index contributed by atoms with van der Waals surface area (Å²) in [4.78, 5) is 20.8. The van der Waals surface area contributed by atoms with Gasteiger partial charge in [-0.2, -0.15) is 5.21 Å². The van der Waals surface area contributed by atoms with Crippen LogP contribution in [0.15, 0.2) is 18.5 Å². The second-order valence-corrected chi connectivity index (χ2v) is 4.17. The normalized spacial score (nSPS) is 10.8. The van der Waals surface area contributed by atoms with Crippen LogP contribution in [-0.4, -0.2) is 43.5 Å². The first-order valence-corrected chi connectivity index (χ1v) is 5.62. The van der Waals surface area contributed by atoms with E-state index in [9.17, 15) is 4.79 Å². The molecule has 0 unspecified atom stereocenters. The number of hydrogen-bond acceptors (Lipinski definition) is 5. The molecule has 0 atom stereocenters. The Morgan fingerprint density at radius 3 is 3.00 bits per heavy atom. The van der Waals surface area contributed by atoms with Crippen molar-refractivity contribution in [2.45, 2.75) is 6.92 Å². The number of tetrazole rings is 1. The molecule has 3 rings (SSSR count). The summed E-state index contributed by atoms with van der Waals surface area (Å²) in [5.74, 6) is -0.0210. The number of aryl methyl sites for hydroxylation is 1. The largest absolute Gasteiger partial charge is 0.346 e. The van der Waals surface area contributed by atoms with Gasteiger partial charge in [0, 0.05) is 24.8 Å². The number of anilines is 1. The molecular weight excluding hydrogens is 246 g/mol. The maximum atomic E-state index is 12.3. The Labute approximate surface area is 107 Å². The molecule has 0 saturated carbocycles. The molecular formula is C11H11N7O. The Morgan fingerprint density at radius 1 is 1.42 bits per heavy atom. The molecule has 0 aliphatic carbocycles. The molecule has 0 saturated heterocycles. The number of aromatic nitrogens is 6. The van der Waals surface area contributed by atoms with Crippen molar-refractivity contribution in [1.82, 2.24) is 30.6 Å². The summed E-state index contributed by atoms with van der Waals surface area (Å²) < 4.78 is 0. The SMILES string of the molecule is Cc1c[nH]c2ncc(C(=O)N(C)c3nn[nH]n3)cc12. The minimum absolute atomic E-state index is 0.218. The lowest BCUT2D eigenvalue weighted by Crippen LogP contribution is -2.27. The van der Waals surface area contributed by atoms with Crippen molar-refractivity contribution >= 4 is 22.9 Å². The molecule has 3 aromatic heterocycles. The fraction of sp³-hybridized carbons (Fsp3) is 0.182. The highest BCUT2D eigenvalue weighted by Crippen LogP contribution is 2.18. The Bertz CT molecular complexity index is 731. The van der Waals surface area contributed by atoms with Gasteiger partial charge >= 0.3 is 0 Å². The van der Waals surface area contributed by atoms with E-state index in [1.54, 1.807) is 13.1 Å². The molecule has 8 heteroatoms. The zero-order valence-electron chi connectivity index (χ0n) is 10.4. The minimum atomic E-state index is -0.239. The highest BCUT2D eigenvalue weighted by atomic mass is 16.2. The number of pyridine rings is 1. The molecule has 0 fully saturated rings. The number of carbonyl (C=O) groups excluding carboxylic acids is 1. The highest BCUT2D eigenvalue weighted by molar-refractivity contribution is 6.06. The molecule has 0 aromatic carbocycles. The topological polar surface area (TPSA) is 103 Å². The van der Waals surface area contributed by atoms with Crippen LogP contribution in [0.1, 0.15) is 15.9 Å². The first-order chi connectivity index (χ1) is 9.16. The van der Waals surface area contributed by atoms with Crippen LogP contribution in [0.25, 0.3) is 11.0 Å². The molecule has 0 aliphatic heterocycles. The average Bonchev–Trinajstić information content (AvgIpc) is 3.07. The number of hydrogen-bond donors (Lipinski definition) is 2. The number of H-pyrrole nitrogens is 2. The van der Waals surface area contributed by atoms with Gasteiger partial charge in [0.05, 0.1) is 5.56 Å². The second-order valence-electron chi connectivity index (χ2n) is 4.17. The smallest absolute Gasteiger partial charge is 0.272 e. The lowest BCUT2D eigenvalue weighted by molar-refractivity contribution is 0.0991. The van der Waals surface area contributed by atoms with Gasteiger partial charge in [-0.25, -0.2) is 4.98 Å². The summed E-state index contributed by atoms with van der Waals surface area (Å²) in [5.41, 5.74) is 2.28. The predicted molar refractivity (Wildman–Crippen MR) is 67.7 cm³/mol. The lowest BCUT2D eigenvalue weighted by atomic mass is 10.2. The molecule has 0 bridgehead atoms. The number of carbonyl (C=O) groups is 1. The van der Waals surface area contributed by atoms with E-state index in [1.807, 2.05) is 13.1 Å². The van der Waals surface area contributed by atoms with Gasteiger partial charge in [0.25, 0.3) is 11.9 Å². The van der Waals surface area contributed by atoms with Gasteiger partial charge in [-0.1, -0.05) is 5.10 Å². The van der Waals surface area contributed by atoms with Crippen LogP contribution in [0.2, 0.25) is 0 Å². The van der Waals surface area contributed by atoms with Crippen LogP contribution >= 0.6 is 0 Å². The number of fused-ring (bicyclic) bond motifs is 1. The van der Waals surface area contributed by atoms with E-state index in [-0.39, 0.29) is 11.9 Å². The summed E-state index contributed by atoms with van der Waals surface area (Å²) >= 11 is 0. The third-order valence-corrected chi connectivity index (χ3v) is 2.92. The van der Waals surface area contributed by atoms with Crippen LogP contribution in [0, 0.1) is 6.92 Å². The van der Waals surface area contributed by atoms with Crippen molar-refractivity contribution < 1.29 is 4.79 Å². The predicted octanol–water partition coefficient (Wildman–Crippen LogP) is 0.661. The van der Waals surface area contributed by atoms with Crippen LogP contribution in [0.3, 0.4) is 0 Å². The molecule has 3 heterocycles. The van der Waals surface area contributed by atoms with Crippen molar-refractivity contribution in [3.8, 4) is 0 Å². The van der Waals surface area contributed by atoms with Crippen LogP contribution in [-0.2, 0) is 0 Å². The van der Waals surface area contributed by atoms with E-state index in [0.717, 1.165) is 16.6 Å². The molecule has 8 nitrogen and oxygen atoms in total. The van der Waals surface area contributed by atoms with Crippen molar-refractivity contribution in [3.05, 3.63) is 29.6 Å². The number of rotatable bonds is 2. The van der Waals surface area contributed by atoms with Gasteiger partial charge in [-0.15, -0.1) is 5.10 Å². The van der Waals surface area contributed by atoms with E-state index in [2.05, 4.69) is 30.6 Å². The van der Waals surface area contributed by atoms with Crippen LogP contribution in [0.4, 0.5) is 5.95 Å². The Kier molecular flexibility index (Phi) is 2.48. The van der Waals surface area contributed by atoms with Crippen molar-refractivity contribution in [2.75, 3.05) is 11.9 Å². The lowest BCUT2D eigenvalue weighted by Gasteiger charge is -2.11. The molecule has 0 aliphatic rings. The fourth-order valence-corrected chi connectivity index (χ4v) is 1.83. The van der Waals surface area contributed by atoms with Crippen molar-refractivity contribution in [3.63, 3.8) is 0 Å². The summed E-state index contributed by atoms with van der Waals surface area (Å²) in [6.07, 6.45) is 3.38. The zero-order valence-corrected chi connectivity index (χ0v) is 10.4. The van der Waals surface area contributed by atoms with Crippen LogP contribution < -0.4 is 4.90 Å². The van der Waals surface area contributed by atoms with Crippen molar-refractivity contribution in [2.24, 2.45) is 0 Å². The fourth-order valence-electron chi connectivity index (χ4n) is 1.83. The van der Waals surface area contributed by atoms with Crippen LogP contribution in [0.5, 0.6) is 0 Å².